The van der Waals surface area contributed by atoms with Crippen LogP contribution in [0.5, 0.6) is 0 Å². The molecule has 2 aromatic carbocycles. The fourth-order valence-electron chi connectivity index (χ4n) is 2.96. The molecule has 24 heavy (non-hydrogen) atoms. The number of esters is 1. The molecule has 0 saturated carbocycles. The molecule has 0 atom stereocenters. The molecule has 1 saturated heterocycles. The molecule has 0 bridgehead atoms. The van der Waals surface area contributed by atoms with Crippen molar-refractivity contribution < 1.29 is 9.53 Å². The van der Waals surface area contributed by atoms with Gasteiger partial charge in [-0.2, -0.15) is 5.26 Å². The third kappa shape index (κ3) is 3.81. The van der Waals surface area contributed by atoms with Gasteiger partial charge in [-0.15, -0.1) is 0 Å². The Morgan fingerprint density at radius 2 is 1.62 bits per heavy atom. The largest absolute Gasteiger partial charge is 0.440 e. The van der Waals surface area contributed by atoms with E-state index in [2.05, 4.69) is 23.1 Å². The summed E-state index contributed by atoms with van der Waals surface area (Å²) in [5, 5.41) is 9.57. The molecule has 0 radical (unpaired) electrons. The summed E-state index contributed by atoms with van der Waals surface area (Å²) < 4.78 is 5.59. The highest BCUT2D eigenvalue weighted by Crippen LogP contribution is 2.28. The first kappa shape index (κ1) is 16.2. The van der Waals surface area contributed by atoms with Crippen LogP contribution in [0.2, 0.25) is 0 Å². The highest BCUT2D eigenvalue weighted by Gasteiger charge is 2.38. The van der Waals surface area contributed by atoms with E-state index in [1.165, 1.54) is 5.56 Å². The lowest BCUT2D eigenvalue weighted by Gasteiger charge is -2.36. The van der Waals surface area contributed by atoms with Gasteiger partial charge in [0, 0.05) is 32.5 Å². The Labute approximate surface area is 142 Å². The molecule has 2 aromatic rings. The summed E-state index contributed by atoms with van der Waals surface area (Å²) in [7, 11) is 0. The molecule has 4 nitrogen and oxygen atoms in total. The number of carbonyl (C=O) groups is 1. The lowest BCUT2D eigenvalue weighted by molar-refractivity contribution is -0.0215. The molecular formula is C20H20N2O2. The third-order valence-electron chi connectivity index (χ3n) is 4.41. The summed E-state index contributed by atoms with van der Waals surface area (Å²) in [6.45, 7) is 2.34. The number of rotatable bonds is 4. The van der Waals surface area contributed by atoms with Gasteiger partial charge in [-0.25, -0.2) is 4.79 Å². The van der Waals surface area contributed by atoms with Crippen molar-refractivity contribution in [2.45, 2.75) is 25.0 Å². The quantitative estimate of drug-likeness (QED) is 0.810. The predicted molar refractivity (Wildman–Crippen MR) is 91.2 cm³/mol. The molecule has 0 spiro atoms. The Kier molecular flexibility index (Phi) is 4.93. The Hall–Kier alpha value is -2.64. The van der Waals surface area contributed by atoms with E-state index in [9.17, 15) is 10.1 Å². The maximum atomic E-state index is 12.3. The topological polar surface area (TPSA) is 53.3 Å². The normalized spacial score (nSPS) is 17.0. The van der Waals surface area contributed by atoms with Crippen LogP contribution in [0.25, 0.3) is 0 Å². The number of likely N-dealkylation sites (tertiary alicyclic amines) is 1. The van der Waals surface area contributed by atoms with Crippen molar-refractivity contribution in [2.75, 3.05) is 13.1 Å². The summed E-state index contributed by atoms with van der Waals surface area (Å²) in [5.41, 5.74) is 0.724. The van der Waals surface area contributed by atoms with Crippen LogP contribution in [0.4, 0.5) is 0 Å². The summed E-state index contributed by atoms with van der Waals surface area (Å²) in [5.74, 6) is -0.423. The molecule has 1 heterocycles. The van der Waals surface area contributed by atoms with Crippen LogP contribution < -0.4 is 0 Å². The van der Waals surface area contributed by atoms with Crippen molar-refractivity contribution in [1.29, 1.82) is 5.26 Å². The van der Waals surface area contributed by atoms with Crippen LogP contribution in [-0.2, 0) is 11.3 Å². The molecule has 1 aliphatic heterocycles. The number of nitriles is 1. The smallest absolute Gasteiger partial charge is 0.339 e. The Morgan fingerprint density at radius 1 is 1.04 bits per heavy atom. The number of piperidine rings is 1. The first-order valence-electron chi connectivity index (χ1n) is 8.17. The van der Waals surface area contributed by atoms with Crippen molar-refractivity contribution in [3.63, 3.8) is 0 Å². The fraction of sp³-hybridized carbons (Fsp3) is 0.300. The van der Waals surface area contributed by atoms with Crippen LogP contribution >= 0.6 is 0 Å². The average molecular weight is 320 g/mol. The van der Waals surface area contributed by atoms with Crippen LogP contribution in [0.15, 0.2) is 60.7 Å². The standard InChI is InChI=1S/C20H20N2O2/c21-16-20(24-19(23)18-9-5-2-6-10-18)11-13-22(14-12-20)15-17-7-3-1-4-8-17/h1-10H,11-15H2. The van der Waals surface area contributed by atoms with Crippen LogP contribution in [0, 0.1) is 11.3 Å². The van der Waals surface area contributed by atoms with E-state index in [1.807, 2.05) is 24.3 Å². The zero-order chi connectivity index (χ0) is 16.8. The number of ether oxygens (including phenoxy) is 1. The number of nitrogens with zero attached hydrogens (tertiary/aromatic N) is 2. The average Bonchev–Trinajstić information content (AvgIpc) is 2.65. The molecule has 0 unspecified atom stereocenters. The highest BCUT2D eigenvalue weighted by molar-refractivity contribution is 5.89. The van der Waals surface area contributed by atoms with Crippen molar-refractivity contribution >= 4 is 5.97 Å². The molecule has 0 aromatic heterocycles. The van der Waals surface area contributed by atoms with E-state index in [4.69, 9.17) is 4.74 Å². The number of benzene rings is 2. The summed E-state index contributed by atoms with van der Waals surface area (Å²) in [6.07, 6.45) is 1.07. The van der Waals surface area contributed by atoms with E-state index in [-0.39, 0.29) is 0 Å². The van der Waals surface area contributed by atoms with E-state index < -0.39 is 11.6 Å². The van der Waals surface area contributed by atoms with Crippen molar-refractivity contribution in [2.24, 2.45) is 0 Å². The maximum Gasteiger partial charge on any atom is 0.339 e. The van der Waals surface area contributed by atoms with Gasteiger partial charge in [0.05, 0.1) is 5.56 Å². The molecule has 122 valence electrons. The number of hydrogen-bond donors (Lipinski definition) is 0. The van der Waals surface area contributed by atoms with E-state index in [0.717, 1.165) is 19.6 Å². The zero-order valence-corrected chi connectivity index (χ0v) is 13.5. The minimum atomic E-state index is -1.01. The van der Waals surface area contributed by atoms with Crippen molar-refractivity contribution in [3.8, 4) is 6.07 Å². The first-order chi connectivity index (χ1) is 11.7. The van der Waals surface area contributed by atoms with Crippen molar-refractivity contribution in [1.82, 2.24) is 4.90 Å². The predicted octanol–water partition coefficient (Wildman–Crippen LogP) is 3.40. The third-order valence-corrected chi connectivity index (χ3v) is 4.41. The second-order valence-electron chi connectivity index (χ2n) is 6.12. The van der Waals surface area contributed by atoms with Gasteiger partial charge in [-0.3, -0.25) is 4.90 Å². The summed E-state index contributed by atoms with van der Waals surface area (Å²) >= 11 is 0. The van der Waals surface area contributed by atoms with Gasteiger partial charge in [-0.05, 0) is 17.7 Å². The van der Waals surface area contributed by atoms with E-state index >= 15 is 0 Å². The lowest BCUT2D eigenvalue weighted by atomic mass is 9.92. The van der Waals surface area contributed by atoms with Gasteiger partial charge >= 0.3 is 5.97 Å². The van der Waals surface area contributed by atoms with Crippen LogP contribution in [0.3, 0.4) is 0 Å². The Bertz CT molecular complexity index is 714. The SMILES string of the molecule is N#CC1(OC(=O)c2ccccc2)CCN(Cc2ccccc2)CC1. The molecule has 0 amide bonds. The molecule has 0 N–H and O–H groups in total. The van der Waals surface area contributed by atoms with E-state index in [1.54, 1.807) is 24.3 Å². The minimum Gasteiger partial charge on any atom is -0.440 e. The van der Waals surface area contributed by atoms with Gasteiger partial charge in [0.15, 0.2) is 5.60 Å². The molecule has 1 fully saturated rings. The monoisotopic (exact) mass is 320 g/mol. The summed E-state index contributed by atoms with van der Waals surface area (Å²) in [4.78, 5) is 14.6. The molecule has 3 rings (SSSR count). The number of carbonyl (C=O) groups excluding carboxylic acids is 1. The maximum absolute atomic E-state index is 12.3. The first-order valence-corrected chi connectivity index (χ1v) is 8.17. The van der Waals surface area contributed by atoms with Gasteiger partial charge in [0.25, 0.3) is 0 Å². The molecule has 0 aliphatic carbocycles. The fourth-order valence-corrected chi connectivity index (χ4v) is 2.96. The van der Waals surface area contributed by atoms with Gasteiger partial charge in [0.2, 0.25) is 0 Å². The van der Waals surface area contributed by atoms with E-state index in [0.29, 0.717) is 18.4 Å². The highest BCUT2D eigenvalue weighted by atomic mass is 16.6. The molecule has 4 heteroatoms. The van der Waals surface area contributed by atoms with Gasteiger partial charge < -0.3 is 4.74 Å². The number of hydrogen-bond acceptors (Lipinski definition) is 4. The lowest BCUT2D eigenvalue weighted by Crippen LogP contribution is -2.46. The zero-order valence-electron chi connectivity index (χ0n) is 13.5. The van der Waals surface area contributed by atoms with Crippen LogP contribution in [0.1, 0.15) is 28.8 Å². The Balaban J connectivity index is 1.60. The van der Waals surface area contributed by atoms with Gasteiger partial charge in [-0.1, -0.05) is 48.5 Å². The molecular weight excluding hydrogens is 300 g/mol. The van der Waals surface area contributed by atoms with Crippen molar-refractivity contribution in [3.05, 3.63) is 71.8 Å². The van der Waals surface area contributed by atoms with Gasteiger partial charge in [0.1, 0.15) is 6.07 Å². The molecule has 1 aliphatic rings. The second-order valence-corrected chi connectivity index (χ2v) is 6.12. The second kappa shape index (κ2) is 7.29. The Morgan fingerprint density at radius 3 is 2.21 bits per heavy atom. The van der Waals surface area contributed by atoms with Crippen LogP contribution in [-0.4, -0.2) is 29.6 Å². The summed E-state index contributed by atoms with van der Waals surface area (Å²) in [6, 6.07) is 21.3. The minimum absolute atomic E-state index is 0.423.